The predicted octanol–water partition coefficient (Wildman–Crippen LogP) is -2.18. The Bertz CT molecular complexity index is 959. The fourth-order valence-corrected chi connectivity index (χ4v) is 2.78. The zero-order valence-electron chi connectivity index (χ0n) is 20.3. The van der Waals surface area contributed by atoms with Gasteiger partial charge in [0, 0.05) is 47.8 Å². The number of benzene rings is 2. The van der Waals surface area contributed by atoms with E-state index >= 15 is 0 Å². The molecular weight excluding hydrogens is 536 g/mol. The average molecular weight is 572 g/mol. The highest BCUT2D eigenvalue weighted by molar-refractivity contribution is 5.86. The summed E-state index contributed by atoms with van der Waals surface area (Å²) < 4.78 is 1.32. The fraction of sp³-hybridized carbons (Fsp3) is 0.417. The summed E-state index contributed by atoms with van der Waals surface area (Å²) in [6.45, 7) is 4.43. The number of quaternary nitrogens is 2. The van der Waals surface area contributed by atoms with Crippen LogP contribution in [0.25, 0.3) is 0 Å². The van der Waals surface area contributed by atoms with Gasteiger partial charge in [-0.3, -0.25) is 19.0 Å². The molecule has 0 unspecified atom stereocenters. The van der Waals surface area contributed by atoms with Gasteiger partial charge >= 0.3 is 0 Å². The predicted molar refractivity (Wildman–Crippen MR) is 129 cm³/mol. The van der Waals surface area contributed by atoms with Gasteiger partial charge in [-0.25, -0.2) is 0 Å². The number of rotatable bonds is 7. The molecule has 0 bridgehead atoms. The molecule has 178 valence electrons. The molecule has 0 spiro atoms. The minimum atomic E-state index is -0.456. The number of halogens is 2. The van der Waals surface area contributed by atoms with Gasteiger partial charge in [0.2, 0.25) is 0 Å². The summed E-state index contributed by atoms with van der Waals surface area (Å²) in [6.07, 6.45) is 3.40. The first-order valence-electron chi connectivity index (χ1n) is 10.0. The third kappa shape index (κ3) is 8.65. The van der Waals surface area contributed by atoms with Crippen LogP contribution in [-0.2, 0) is 0 Å². The van der Waals surface area contributed by atoms with Crippen LogP contribution < -0.4 is 42.9 Å². The molecule has 0 saturated heterocycles. The normalized spacial score (nSPS) is 12.6. The Morgan fingerprint density at radius 3 is 1.56 bits per heavy atom. The Hall–Kier alpha value is -1.74. The quantitative estimate of drug-likeness (QED) is 0.293. The molecule has 0 saturated carbocycles. The second-order valence-corrected chi connectivity index (χ2v) is 10.1. The van der Waals surface area contributed by atoms with Crippen LogP contribution in [0.3, 0.4) is 0 Å². The Morgan fingerprint density at radius 2 is 1.16 bits per heavy atom. The number of aromatic hydroxyl groups is 2. The lowest BCUT2D eigenvalue weighted by molar-refractivity contribution is -0.001000. The molecule has 0 heterocycles. The monoisotopic (exact) mass is 570 g/mol. The van der Waals surface area contributed by atoms with Crippen molar-refractivity contribution in [2.45, 2.75) is 19.4 Å². The van der Waals surface area contributed by atoms with E-state index in [-0.39, 0.29) is 45.5 Å². The Kier molecular flexibility index (Phi) is 10.8. The first-order chi connectivity index (χ1) is 13.7. The zero-order chi connectivity index (χ0) is 22.7. The molecule has 0 fully saturated rings. The van der Waals surface area contributed by atoms with Gasteiger partial charge in [-0.05, 0) is 26.0 Å². The SMILES string of the molecule is CC(C)(CN=Cc1cc([N+](C)(C)C)ccc1O)N=Cc1cc([N+](C)(C)C)ccc1O.[Br-].[Br-]. The summed E-state index contributed by atoms with van der Waals surface area (Å²) in [5.74, 6) is 0.414. The van der Waals surface area contributed by atoms with E-state index in [4.69, 9.17) is 0 Å². The smallest absolute Gasteiger partial charge is 0.133 e. The molecule has 2 rings (SSSR count). The molecule has 2 aromatic rings. The van der Waals surface area contributed by atoms with Crippen molar-refractivity contribution in [2.24, 2.45) is 9.98 Å². The third-order valence-electron chi connectivity index (χ3n) is 4.83. The van der Waals surface area contributed by atoms with Crippen molar-refractivity contribution in [1.29, 1.82) is 0 Å². The van der Waals surface area contributed by atoms with Crippen LogP contribution in [0.15, 0.2) is 46.4 Å². The highest BCUT2D eigenvalue weighted by Crippen LogP contribution is 2.26. The lowest BCUT2D eigenvalue weighted by Crippen LogP contribution is -3.00. The summed E-state index contributed by atoms with van der Waals surface area (Å²) in [4.78, 5) is 9.17. The van der Waals surface area contributed by atoms with E-state index in [1.54, 1.807) is 24.6 Å². The van der Waals surface area contributed by atoms with E-state index in [9.17, 15) is 10.2 Å². The lowest BCUT2D eigenvalue weighted by atomic mass is 10.1. The molecule has 6 nitrogen and oxygen atoms in total. The van der Waals surface area contributed by atoms with Crippen LogP contribution in [0.5, 0.6) is 11.5 Å². The summed E-state index contributed by atoms with van der Waals surface area (Å²) in [5, 5.41) is 20.3. The van der Waals surface area contributed by atoms with Gasteiger partial charge in [0.05, 0.1) is 54.4 Å². The molecule has 0 atom stereocenters. The summed E-state index contributed by atoms with van der Waals surface area (Å²) in [5.41, 5.74) is 3.08. The van der Waals surface area contributed by atoms with Gasteiger partial charge in [0.1, 0.15) is 22.9 Å². The third-order valence-corrected chi connectivity index (χ3v) is 4.83. The molecule has 0 aromatic heterocycles. The zero-order valence-corrected chi connectivity index (χ0v) is 23.4. The van der Waals surface area contributed by atoms with Gasteiger partial charge in [0.25, 0.3) is 0 Å². The molecule has 0 aliphatic rings. The van der Waals surface area contributed by atoms with E-state index in [1.807, 2.05) is 38.1 Å². The average Bonchev–Trinajstić information content (AvgIpc) is 2.60. The summed E-state index contributed by atoms with van der Waals surface area (Å²) >= 11 is 0. The van der Waals surface area contributed by atoms with E-state index < -0.39 is 5.54 Å². The molecule has 0 aliphatic heterocycles. The van der Waals surface area contributed by atoms with Gasteiger partial charge in [-0.15, -0.1) is 0 Å². The van der Waals surface area contributed by atoms with Crippen molar-refractivity contribution in [1.82, 2.24) is 8.97 Å². The first kappa shape index (κ1) is 30.3. The summed E-state index contributed by atoms with van der Waals surface area (Å²) in [6, 6.07) is 11.1. The van der Waals surface area contributed by atoms with E-state index in [2.05, 4.69) is 52.3 Å². The van der Waals surface area contributed by atoms with Crippen molar-refractivity contribution >= 4 is 23.8 Å². The molecule has 32 heavy (non-hydrogen) atoms. The van der Waals surface area contributed by atoms with Crippen molar-refractivity contribution in [3.8, 4) is 11.5 Å². The number of phenols is 2. The molecule has 0 amide bonds. The number of hydrogen-bond acceptors (Lipinski definition) is 4. The topological polar surface area (TPSA) is 65.2 Å². The van der Waals surface area contributed by atoms with Crippen LogP contribution in [0.1, 0.15) is 25.0 Å². The number of nitrogens with zero attached hydrogens (tertiary/aromatic N) is 4. The molecular formula is C24H36Br2N4O2. The second-order valence-electron chi connectivity index (χ2n) is 10.1. The Morgan fingerprint density at radius 1 is 0.750 bits per heavy atom. The van der Waals surface area contributed by atoms with Crippen LogP contribution in [0, 0.1) is 0 Å². The number of hydrogen-bond donors (Lipinski definition) is 2. The van der Waals surface area contributed by atoms with Crippen LogP contribution >= 0.6 is 0 Å². The maximum atomic E-state index is 10.2. The van der Waals surface area contributed by atoms with Crippen molar-refractivity contribution < 1.29 is 44.2 Å². The molecule has 0 radical (unpaired) electrons. The van der Waals surface area contributed by atoms with Gasteiger partial charge in [0.15, 0.2) is 0 Å². The highest BCUT2D eigenvalue weighted by atomic mass is 79.9. The molecule has 0 aliphatic carbocycles. The van der Waals surface area contributed by atoms with E-state index in [0.29, 0.717) is 26.6 Å². The van der Waals surface area contributed by atoms with Gasteiger partial charge in [-0.1, -0.05) is 0 Å². The Labute approximate surface area is 213 Å². The minimum absolute atomic E-state index is 0. The van der Waals surface area contributed by atoms with Gasteiger partial charge < -0.3 is 44.2 Å². The van der Waals surface area contributed by atoms with Crippen LogP contribution in [0.4, 0.5) is 11.4 Å². The number of phenolic OH excluding ortho intramolecular Hbond substituents is 2. The van der Waals surface area contributed by atoms with E-state index in [1.165, 1.54) is 0 Å². The maximum absolute atomic E-state index is 10.2. The number of aliphatic imine (C=N–C) groups is 2. The van der Waals surface area contributed by atoms with Crippen molar-refractivity contribution in [2.75, 3.05) is 48.8 Å². The Balaban J connectivity index is 0.00000480. The van der Waals surface area contributed by atoms with Crippen LogP contribution in [-0.4, -0.2) is 77.0 Å². The van der Waals surface area contributed by atoms with Crippen LogP contribution in [0.2, 0.25) is 0 Å². The molecule has 2 aromatic carbocycles. The van der Waals surface area contributed by atoms with Gasteiger partial charge in [-0.2, -0.15) is 0 Å². The first-order valence-corrected chi connectivity index (χ1v) is 10.0. The maximum Gasteiger partial charge on any atom is 0.133 e. The standard InChI is InChI=1S/C24H34N4O2.2BrH/c1-24(2,26-16-19-14-21(28(6,7)8)10-12-23(19)30)17-25-15-18-13-20(27(3,4)5)9-11-22(18)29;;/h9-16H,17H2,1-8H3;2*1H. The summed E-state index contributed by atoms with van der Waals surface area (Å²) in [7, 11) is 12.5. The molecule has 2 N–H and O–H groups in total. The van der Waals surface area contributed by atoms with Crippen molar-refractivity contribution in [3.05, 3.63) is 47.5 Å². The van der Waals surface area contributed by atoms with Crippen molar-refractivity contribution in [3.63, 3.8) is 0 Å². The minimum Gasteiger partial charge on any atom is -1.00 e. The van der Waals surface area contributed by atoms with E-state index in [0.717, 1.165) is 11.4 Å². The highest BCUT2D eigenvalue weighted by Gasteiger charge is 2.18. The lowest BCUT2D eigenvalue weighted by Gasteiger charge is -2.24. The largest absolute Gasteiger partial charge is 1.00 e. The fourth-order valence-electron chi connectivity index (χ4n) is 2.78. The second kappa shape index (κ2) is 11.4. The molecule has 8 heteroatoms.